The lowest BCUT2D eigenvalue weighted by atomic mass is 9.78. The van der Waals surface area contributed by atoms with Crippen LogP contribution in [-0.4, -0.2) is 82.0 Å². The SMILES string of the molecule is COc1ccc2[nH]c3c(c2c1)C[C@@]1(C)C(=O)N(CCN(C)C(C)C)CC(=O)N1[C@@H]3c1cccc(O)c1. The Labute approximate surface area is 211 Å². The Morgan fingerprint density at radius 1 is 1.22 bits per heavy atom. The molecule has 1 saturated heterocycles. The van der Waals surface area contributed by atoms with E-state index in [1.54, 1.807) is 35.1 Å². The summed E-state index contributed by atoms with van der Waals surface area (Å²) in [6.45, 7) is 7.33. The van der Waals surface area contributed by atoms with E-state index in [4.69, 9.17) is 4.74 Å². The zero-order valence-corrected chi connectivity index (χ0v) is 21.5. The molecule has 8 heteroatoms. The number of rotatable bonds is 6. The lowest BCUT2D eigenvalue weighted by Gasteiger charge is -2.53. The fourth-order valence-electron chi connectivity index (χ4n) is 5.62. The molecule has 1 aromatic heterocycles. The number of aromatic amines is 1. The van der Waals surface area contributed by atoms with Crippen molar-refractivity contribution in [2.24, 2.45) is 0 Å². The van der Waals surface area contributed by atoms with Crippen LogP contribution in [-0.2, 0) is 16.0 Å². The van der Waals surface area contributed by atoms with Gasteiger partial charge in [-0.25, -0.2) is 0 Å². The molecule has 2 amide bonds. The standard InChI is InChI=1S/C28H34N4O4/c1-17(2)30(4)11-12-31-16-24(34)32-26(18-7-6-8-19(33)13-18)25-22(15-28(32,3)27(31)35)21-14-20(36-5)9-10-23(21)29-25/h6-10,13-14,17,26,29,33H,11-12,15-16H2,1-5H3/t26-,28+/m1/s1. The Balaban J connectivity index is 1.64. The predicted molar refractivity (Wildman–Crippen MR) is 138 cm³/mol. The Morgan fingerprint density at radius 3 is 2.69 bits per heavy atom. The zero-order valence-electron chi connectivity index (χ0n) is 21.5. The van der Waals surface area contributed by atoms with Crippen molar-refractivity contribution in [2.75, 3.05) is 33.8 Å². The fraction of sp³-hybridized carbons (Fsp3) is 0.429. The summed E-state index contributed by atoms with van der Waals surface area (Å²) in [7, 11) is 3.66. The molecular formula is C28H34N4O4. The highest BCUT2D eigenvalue weighted by Crippen LogP contribution is 2.47. The van der Waals surface area contributed by atoms with Crippen LogP contribution in [0.4, 0.5) is 0 Å². The van der Waals surface area contributed by atoms with Crippen LogP contribution < -0.4 is 4.74 Å². The number of carbonyl (C=O) groups is 2. The Bertz CT molecular complexity index is 1330. The second kappa shape index (κ2) is 8.85. The van der Waals surface area contributed by atoms with Gasteiger partial charge in [-0.1, -0.05) is 12.1 Å². The third-order valence-corrected chi connectivity index (χ3v) is 7.86. The maximum atomic E-state index is 14.1. The second-order valence-electron chi connectivity index (χ2n) is 10.4. The van der Waals surface area contributed by atoms with Crippen LogP contribution in [0.5, 0.6) is 11.5 Å². The third-order valence-electron chi connectivity index (χ3n) is 7.86. The molecule has 2 N–H and O–H groups in total. The average Bonchev–Trinajstić information content (AvgIpc) is 3.20. The molecule has 2 aromatic carbocycles. The third kappa shape index (κ3) is 3.80. The highest BCUT2D eigenvalue weighted by atomic mass is 16.5. The highest BCUT2D eigenvalue weighted by molar-refractivity contribution is 6.00. The molecule has 190 valence electrons. The molecule has 0 unspecified atom stereocenters. The number of hydrogen-bond acceptors (Lipinski definition) is 5. The quantitative estimate of drug-likeness (QED) is 0.554. The summed E-state index contributed by atoms with van der Waals surface area (Å²) in [6, 6.07) is 12.6. The normalized spacial score (nSPS) is 21.9. The summed E-state index contributed by atoms with van der Waals surface area (Å²) in [4.78, 5) is 37.0. The first-order chi connectivity index (χ1) is 17.1. The molecule has 2 atom stereocenters. The molecular weight excluding hydrogens is 456 g/mol. The molecule has 2 aliphatic rings. The summed E-state index contributed by atoms with van der Waals surface area (Å²) >= 11 is 0. The van der Waals surface area contributed by atoms with Crippen LogP contribution in [0, 0.1) is 0 Å². The number of aromatic hydroxyl groups is 1. The van der Waals surface area contributed by atoms with Crippen molar-refractivity contribution >= 4 is 22.7 Å². The molecule has 0 bridgehead atoms. The number of amides is 2. The van der Waals surface area contributed by atoms with Gasteiger partial charge in [0, 0.05) is 42.1 Å². The minimum Gasteiger partial charge on any atom is -0.508 e. The predicted octanol–water partition coefficient (Wildman–Crippen LogP) is 3.30. The fourth-order valence-corrected chi connectivity index (χ4v) is 5.62. The number of benzene rings is 2. The van der Waals surface area contributed by atoms with Crippen molar-refractivity contribution in [3.05, 3.63) is 59.3 Å². The monoisotopic (exact) mass is 490 g/mol. The van der Waals surface area contributed by atoms with Crippen molar-refractivity contribution < 1.29 is 19.4 Å². The summed E-state index contributed by atoms with van der Waals surface area (Å²) in [5.74, 6) is 0.704. The van der Waals surface area contributed by atoms with Gasteiger partial charge in [-0.15, -0.1) is 0 Å². The van der Waals surface area contributed by atoms with Crippen LogP contribution >= 0.6 is 0 Å². The maximum Gasteiger partial charge on any atom is 0.249 e. The first-order valence-electron chi connectivity index (χ1n) is 12.4. The van der Waals surface area contributed by atoms with Gasteiger partial charge < -0.3 is 29.5 Å². The van der Waals surface area contributed by atoms with Crippen molar-refractivity contribution in [2.45, 2.75) is 44.8 Å². The highest BCUT2D eigenvalue weighted by Gasteiger charge is 2.56. The second-order valence-corrected chi connectivity index (χ2v) is 10.4. The van der Waals surface area contributed by atoms with Gasteiger partial charge in [0.25, 0.3) is 0 Å². The minimum atomic E-state index is -1.06. The van der Waals surface area contributed by atoms with Crippen LogP contribution in [0.25, 0.3) is 10.9 Å². The number of fused-ring (bicyclic) bond motifs is 4. The molecule has 5 rings (SSSR count). The molecule has 0 aliphatic carbocycles. The Kier molecular flexibility index (Phi) is 5.95. The lowest BCUT2D eigenvalue weighted by molar-refractivity contribution is -0.167. The number of carbonyl (C=O) groups excluding carboxylic acids is 2. The molecule has 3 aromatic rings. The Hall–Kier alpha value is -3.52. The van der Waals surface area contributed by atoms with Crippen molar-refractivity contribution in [1.82, 2.24) is 19.7 Å². The number of likely N-dealkylation sites (N-methyl/N-ethyl adjacent to an activating group) is 1. The molecule has 8 nitrogen and oxygen atoms in total. The van der Waals surface area contributed by atoms with Gasteiger partial charge in [0.15, 0.2) is 0 Å². The number of piperazine rings is 1. The van der Waals surface area contributed by atoms with Gasteiger partial charge in [0.2, 0.25) is 11.8 Å². The largest absolute Gasteiger partial charge is 0.508 e. The van der Waals surface area contributed by atoms with Gasteiger partial charge in [-0.2, -0.15) is 0 Å². The number of phenolic OH excluding ortho intramolecular Hbond substituents is 1. The molecule has 0 radical (unpaired) electrons. The van der Waals surface area contributed by atoms with Gasteiger partial charge >= 0.3 is 0 Å². The summed E-state index contributed by atoms with van der Waals surface area (Å²) < 4.78 is 5.48. The van der Waals surface area contributed by atoms with Gasteiger partial charge in [-0.05, 0) is 69.3 Å². The number of H-pyrrole nitrogens is 1. The van der Waals surface area contributed by atoms with E-state index in [-0.39, 0.29) is 24.1 Å². The van der Waals surface area contributed by atoms with Crippen molar-refractivity contribution in [3.8, 4) is 11.5 Å². The first kappa shape index (κ1) is 24.2. The average molecular weight is 491 g/mol. The van der Waals surface area contributed by atoms with E-state index in [0.717, 1.165) is 33.5 Å². The Morgan fingerprint density at radius 2 is 2.00 bits per heavy atom. The van der Waals surface area contributed by atoms with E-state index in [9.17, 15) is 14.7 Å². The molecule has 36 heavy (non-hydrogen) atoms. The van der Waals surface area contributed by atoms with E-state index in [1.165, 1.54) is 0 Å². The summed E-state index contributed by atoms with van der Waals surface area (Å²) in [5.41, 5.74) is 2.49. The number of hydrogen-bond donors (Lipinski definition) is 2. The zero-order chi connectivity index (χ0) is 25.8. The van der Waals surface area contributed by atoms with E-state index < -0.39 is 11.6 Å². The van der Waals surface area contributed by atoms with Crippen LogP contribution in [0.3, 0.4) is 0 Å². The van der Waals surface area contributed by atoms with Crippen LogP contribution in [0.15, 0.2) is 42.5 Å². The first-order valence-corrected chi connectivity index (χ1v) is 12.4. The number of methoxy groups -OCH3 is 1. The van der Waals surface area contributed by atoms with Crippen molar-refractivity contribution in [3.63, 3.8) is 0 Å². The summed E-state index contributed by atoms with van der Waals surface area (Å²) in [6.07, 6.45) is 0.395. The van der Waals surface area contributed by atoms with Crippen molar-refractivity contribution in [1.29, 1.82) is 0 Å². The molecule has 0 spiro atoms. The minimum absolute atomic E-state index is 0.0407. The number of nitrogens with zero attached hydrogens (tertiary/aromatic N) is 3. The van der Waals surface area contributed by atoms with Gasteiger partial charge in [0.05, 0.1) is 19.7 Å². The van der Waals surface area contributed by atoms with Gasteiger partial charge in [-0.3, -0.25) is 9.59 Å². The molecule has 0 saturated carbocycles. The van der Waals surface area contributed by atoms with Crippen LogP contribution in [0.1, 0.15) is 43.6 Å². The summed E-state index contributed by atoms with van der Waals surface area (Å²) in [5, 5.41) is 11.3. The molecule has 3 heterocycles. The lowest BCUT2D eigenvalue weighted by Crippen LogP contribution is -2.70. The van der Waals surface area contributed by atoms with E-state index in [1.807, 2.05) is 38.2 Å². The smallest absolute Gasteiger partial charge is 0.249 e. The number of ether oxygens (including phenoxy) is 1. The van der Waals surface area contributed by atoms with E-state index >= 15 is 0 Å². The van der Waals surface area contributed by atoms with E-state index in [0.29, 0.717) is 25.6 Å². The number of phenols is 1. The maximum absolute atomic E-state index is 14.1. The number of aromatic nitrogens is 1. The van der Waals surface area contributed by atoms with Gasteiger partial charge in [0.1, 0.15) is 17.0 Å². The van der Waals surface area contributed by atoms with Crippen LogP contribution in [0.2, 0.25) is 0 Å². The topological polar surface area (TPSA) is 89.1 Å². The molecule has 1 fully saturated rings. The molecule has 2 aliphatic heterocycles. The number of nitrogens with one attached hydrogen (secondary N) is 1. The van der Waals surface area contributed by atoms with E-state index in [2.05, 4.69) is 23.7 Å².